The van der Waals surface area contributed by atoms with Crippen LogP contribution in [0.4, 0.5) is 0 Å². The molecule has 0 aromatic rings. The molecule has 1 aliphatic heterocycles. The molecule has 2 unspecified atom stereocenters. The predicted molar refractivity (Wildman–Crippen MR) is 51.5 cm³/mol. The molecule has 2 rings (SSSR count). The first-order valence-electron chi connectivity index (χ1n) is 5.31. The molecule has 0 bridgehead atoms. The van der Waals surface area contributed by atoms with Crippen molar-refractivity contribution in [2.24, 2.45) is 5.92 Å². The third-order valence-electron chi connectivity index (χ3n) is 3.07. The maximum absolute atomic E-state index is 9.86. The van der Waals surface area contributed by atoms with E-state index in [0.717, 1.165) is 38.7 Å². The number of aliphatic hydroxyl groups excluding tert-OH is 1. The maximum atomic E-state index is 9.86. The molecule has 0 aromatic heterocycles. The van der Waals surface area contributed by atoms with Crippen LogP contribution in [0.3, 0.4) is 0 Å². The summed E-state index contributed by atoms with van der Waals surface area (Å²) in [7, 11) is 0. The van der Waals surface area contributed by atoms with Gasteiger partial charge in [-0.1, -0.05) is 12.2 Å². The summed E-state index contributed by atoms with van der Waals surface area (Å²) in [5, 5.41) is 9.86. The van der Waals surface area contributed by atoms with Crippen LogP contribution in [0.5, 0.6) is 0 Å². The zero-order chi connectivity index (χ0) is 9.10. The van der Waals surface area contributed by atoms with Gasteiger partial charge in [0.05, 0.1) is 12.2 Å². The molecule has 2 aliphatic rings. The van der Waals surface area contributed by atoms with Crippen LogP contribution >= 0.6 is 0 Å². The van der Waals surface area contributed by atoms with Crippen molar-refractivity contribution in [3.8, 4) is 0 Å². The zero-order valence-electron chi connectivity index (χ0n) is 7.98. The Morgan fingerprint density at radius 2 is 2.15 bits per heavy atom. The van der Waals surface area contributed by atoms with E-state index in [-0.39, 0.29) is 12.2 Å². The molecule has 0 spiro atoms. The van der Waals surface area contributed by atoms with E-state index in [9.17, 15) is 5.11 Å². The summed E-state index contributed by atoms with van der Waals surface area (Å²) < 4.78 is 5.45. The third kappa shape index (κ3) is 2.32. The smallest absolute Gasteiger partial charge is 0.0834 e. The Balaban J connectivity index is 1.73. The van der Waals surface area contributed by atoms with Gasteiger partial charge in [-0.05, 0) is 38.0 Å². The van der Waals surface area contributed by atoms with Gasteiger partial charge in [0.1, 0.15) is 0 Å². The standard InChI is InChI=1S/C11H18O2/c12-10(11-6-3-7-13-11)8-9-4-1-2-5-9/h1-2,9-12H,3-8H2. The SMILES string of the molecule is OC(CC1CC=CC1)C1CCCO1. The molecular weight excluding hydrogens is 164 g/mol. The Morgan fingerprint density at radius 3 is 2.77 bits per heavy atom. The van der Waals surface area contributed by atoms with Crippen LogP contribution in [-0.2, 0) is 4.74 Å². The van der Waals surface area contributed by atoms with E-state index in [4.69, 9.17) is 4.74 Å². The highest BCUT2D eigenvalue weighted by atomic mass is 16.5. The molecule has 0 amide bonds. The van der Waals surface area contributed by atoms with E-state index in [1.54, 1.807) is 0 Å². The quantitative estimate of drug-likeness (QED) is 0.675. The lowest BCUT2D eigenvalue weighted by molar-refractivity contribution is -0.0123. The molecule has 74 valence electrons. The minimum absolute atomic E-state index is 0.126. The summed E-state index contributed by atoms with van der Waals surface area (Å²) in [4.78, 5) is 0. The molecule has 0 aromatic carbocycles. The summed E-state index contributed by atoms with van der Waals surface area (Å²) >= 11 is 0. The van der Waals surface area contributed by atoms with Crippen LogP contribution in [0.1, 0.15) is 32.1 Å². The molecule has 2 heteroatoms. The first kappa shape index (κ1) is 9.22. The zero-order valence-corrected chi connectivity index (χ0v) is 7.98. The molecule has 13 heavy (non-hydrogen) atoms. The third-order valence-corrected chi connectivity index (χ3v) is 3.07. The average molecular weight is 182 g/mol. The van der Waals surface area contributed by atoms with E-state index in [1.807, 2.05) is 0 Å². The van der Waals surface area contributed by atoms with Gasteiger partial charge in [0.15, 0.2) is 0 Å². The van der Waals surface area contributed by atoms with Gasteiger partial charge >= 0.3 is 0 Å². The highest BCUT2D eigenvalue weighted by molar-refractivity contribution is 4.95. The van der Waals surface area contributed by atoms with E-state index < -0.39 is 0 Å². The second-order valence-corrected chi connectivity index (χ2v) is 4.16. The van der Waals surface area contributed by atoms with Gasteiger partial charge in [0.2, 0.25) is 0 Å². The fourth-order valence-corrected chi connectivity index (χ4v) is 2.27. The molecule has 1 saturated heterocycles. The number of aliphatic hydroxyl groups is 1. The Hall–Kier alpha value is -0.340. The van der Waals surface area contributed by atoms with Crippen molar-refractivity contribution in [2.75, 3.05) is 6.61 Å². The maximum Gasteiger partial charge on any atom is 0.0834 e. The highest BCUT2D eigenvalue weighted by Crippen LogP contribution is 2.26. The lowest BCUT2D eigenvalue weighted by Crippen LogP contribution is -2.27. The van der Waals surface area contributed by atoms with Crippen molar-refractivity contribution in [1.29, 1.82) is 0 Å². The number of hydrogen-bond donors (Lipinski definition) is 1. The lowest BCUT2D eigenvalue weighted by atomic mass is 9.95. The minimum atomic E-state index is -0.229. The van der Waals surface area contributed by atoms with Gasteiger partial charge in [-0.2, -0.15) is 0 Å². The van der Waals surface area contributed by atoms with E-state index in [2.05, 4.69) is 12.2 Å². The molecule has 1 aliphatic carbocycles. The van der Waals surface area contributed by atoms with Gasteiger partial charge in [0, 0.05) is 6.61 Å². The summed E-state index contributed by atoms with van der Waals surface area (Å²) in [5.41, 5.74) is 0. The number of rotatable bonds is 3. The minimum Gasteiger partial charge on any atom is -0.390 e. The Kier molecular flexibility index (Phi) is 3.01. The first-order chi connectivity index (χ1) is 6.36. The monoisotopic (exact) mass is 182 g/mol. The van der Waals surface area contributed by atoms with Crippen molar-refractivity contribution in [3.05, 3.63) is 12.2 Å². The number of ether oxygens (including phenoxy) is 1. The number of allylic oxidation sites excluding steroid dienone is 2. The molecular formula is C11H18O2. The Morgan fingerprint density at radius 1 is 1.38 bits per heavy atom. The Labute approximate surface area is 79.6 Å². The first-order valence-corrected chi connectivity index (χ1v) is 5.31. The van der Waals surface area contributed by atoms with E-state index in [0.29, 0.717) is 5.92 Å². The molecule has 2 atom stereocenters. The molecule has 0 radical (unpaired) electrons. The van der Waals surface area contributed by atoms with Gasteiger partial charge in [0.25, 0.3) is 0 Å². The highest BCUT2D eigenvalue weighted by Gasteiger charge is 2.26. The lowest BCUT2D eigenvalue weighted by Gasteiger charge is -2.20. The fraction of sp³-hybridized carbons (Fsp3) is 0.818. The molecule has 0 saturated carbocycles. The van der Waals surface area contributed by atoms with Crippen LogP contribution in [0.25, 0.3) is 0 Å². The summed E-state index contributed by atoms with van der Waals surface area (Å²) in [5.74, 6) is 0.666. The van der Waals surface area contributed by atoms with Crippen LogP contribution in [0, 0.1) is 5.92 Å². The predicted octanol–water partition coefficient (Wildman–Crippen LogP) is 1.88. The van der Waals surface area contributed by atoms with Crippen LogP contribution in [0.2, 0.25) is 0 Å². The molecule has 1 fully saturated rings. The summed E-state index contributed by atoms with van der Waals surface area (Å²) in [6, 6.07) is 0. The fourth-order valence-electron chi connectivity index (χ4n) is 2.27. The topological polar surface area (TPSA) is 29.5 Å². The van der Waals surface area contributed by atoms with Gasteiger partial charge < -0.3 is 9.84 Å². The van der Waals surface area contributed by atoms with Crippen LogP contribution in [-0.4, -0.2) is 23.9 Å². The van der Waals surface area contributed by atoms with Crippen molar-refractivity contribution in [3.63, 3.8) is 0 Å². The van der Waals surface area contributed by atoms with Gasteiger partial charge in [-0.25, -0.2) is 0 Å². The van der Waals surface area contributed by atoms with Crippen molar-refractivity contribution in [2.45, 2.75) is 44.3 Å². The van der Waals surface area contributed by atoms with Gasteiger partial charge in [-0.3, -0.25) is 0 Å². The van der Waals surface area contributed by atoms with E-state index in [1.165, 1.54) is 0 Å². The molecule has 1 N–H and O–H groups in total. The summed E-state index contributed by atoms with van der Waals surface area (Å²) in [6.07, 6.45) is 9.68. The largest absolute Gasteiger partial charge is 0.390 e. The average Bonchev–Trinajstić information content (AvgIpc) is 2.74. The van der Waals surface area contributed by atoms with Crippen LogP contribution < -0.4 is 0 Å². The second kappa shape index (κ2) is 4.25. The van der Waals surface area contributed by atoms with Crippen molar-refractivity contribution >= 4 is 0 Å². The number of hydrogen-bond acceptors (Lipinski definition) is 2. The summed E-state index contributed by atoms with van der Waals surface area (Å²) in [6.45, 7) is 0.838. The van der Waals surface area contributed by atoms with Crippen molar-refractivity contribution in [1.82, 2.24) is 0 Å². The Bertz CT molecular complexity index is 175. The molecule has 1 heterocycles. The second-order valence-electron chi connectivity index (χ2n) is 4.16. The normalized spacial score (nSPS) is 31.3. The molecule has 2 nitrogen and oxygen atoms in total. The van der Waals surface area contributed by atoms with E-state index >= 15 is 0 Å². The van der Waals surface area contributed by atoms with Crippen LogP contribution in [0.15, 0.2) is 12.2 Å². The van der Waals surface area contributed by atoms with Gasteiger partial charge in [-0.15, -0.1) is 0 Å². The van der Waals surface area contributed by atoms with Crippen molar-refractivity contribution < 1.29 is 9.84 Å².